The zero-order chi connectivity index (χ0) is 21.4. The van der Waals surface area contributed by atoms with Crippen molar-refractivity contribution in [2.45, 2.75) is 6.92 Å². The fraction of sp³-hybridized carbons (Fsp3) is 0.0833. The summed E-state index contributed by atoms with van der Waals surface area (Å²) in [6.07, 6.45) is 0. The molecular formula is C24H18Cl2N2O2. The predicted molar refractivity (Wildman–Crippen MR) is 122 cm³/mol. The topological polar surface area (TPSA) is 40.6 Å². The number of nitrogens with zero attached hydrogens (tertiary/aromatic N) is 2. The van der Waals surface area contributed by atoms with E-state index in [-0.39, 0.29) is 16.4 Å². The van der Waals surface area contributed by atoms with Gasteiger partial charge in [-0.25, -0.2) is 4.90 Å². The fourth-order valence-corrected chi connectivity index (χ4v) is 3.83. The van der Waals surface area contributed by atoms with Gasteiger partial charge in [-0.2, -0.15) is 0 Å². The van der Waals surface area contributed by atoms with Crippen LogP contribution in [0.25, 0.3) is 5.57 Å². The van der Waals surface area contributed by atoms with Crippen LogP contribution in [-0.2, 0) is 9.59 Å². The molecule has 4 rings (SSSR count). The van der Waals surface area contributed by atoms with E-state index in [4.69, 9.17) is 23.2 Å². The Morgan fingerprint density at radius 2 is 1.50 bits per heavy atom. The molecule has 3 aromatic rings. The number of imide groups is 1. The van der Waals surface area contributed by atoms with Crippen LogP contribution < -0.4 is 9.80 Å². The Labute approximate surface area is 184 Å². The number of anilines is 2. The van der Waals surface area contributed by atoms with Crippen LogP contribution in [0.1, 0.15) is 11.1 Å². The number of rotatable bonds is 4. The summed E-state index contributed by atoms with van der Waals surface area (Å²) < 4.78 is 0. The third kappa shape index (κ3) is 3.49. The van der Waals surface area contributed by atoms with Gasteiger partial charge in [0.05, 0.1) is 16.3 Å². The number of carbonyl (C=O) groups excluding carboxylic acids is 2. The Balaban J connectivity index is 1.90. The van der Waals surface area contributed by atoms with E-state index in [1.165, 1.54) is 6.07 Å². The molecule has 0 aliphatic carbocycles. The highest BCUT2D eigenvalue weighted by Gasteiger charge is 2.42. The van der Waals surface area contributed by atoms with Crippen LogP contribution in [0.5, 0.6) is 0 Å². The lowest BCUT2D eigenvalue weighted by Crippen LogP contribution is -2.34. The minimum Gasteiger partial charge on any atom is -0.339 e. The van der Waals surface area contributed by atoms with E-state index in [0.717, 1.165) is 16.2 Å². The van der Waals surface area contributed by atoms with E-state index in [2.05, 4.69) is 0 Å². The van der Waals surface area contributed by atoms with E-state index in [1.54, 1.807) is 24.1 Å². The van der Waals surface area contributed by atoms with Gasteiger partial charge in [0.15, 0.2) is 0 Å². The van der Waals surface area contributed by atoms with Crippen molar-refractivity contribution in [3.8, 4) is 0 Å². The van der Waals surface area contributed by atoms with Gasteiger partial charge in [-0.3, -0.25) is 9.59 Å². The molecule has 1 aliphatic heterocycles. The second-order valence-corrected chi connectivity index (χ2v) is 7.87. The normalized spacial score (nSPS) is 13.9. The molecule has 1 aliphatic rings. The molecule has 150 valence electrons. The number of likely N-dealkylation sites (N-methyl/N-ethyl adjacent to an activating group) is 1. The predicted octanol–water partition coefficient (Wildman–Crippen LogP) is 5.72. The maximum absolute atomic E-state index is 13.5. The average molecular weight is 437 g/mol. The number of hydrogen-bond donors (Lipinski definition) is 0. The highest BCUT2D eigenvalue weighted by Crippen LogP contribution is 2.39. The van der Waals surface area contributed by atoms with Gasteiger partial charge in [-0.15, -0.1) is 0 Å². The number of amides is 2. The molecule has 0 fully saturated rings. The molecular weight excluding hydrogens is 419 g/mol. The van der Waals surface area contributed by atoms with Gasteiger partial charge in [0.25, 0.3) is 11.8 Å². The number of carbonyl (C=O) groups is 2. The lowest BCUT2D eigenvalue weighted by Gasteiger charge is -2.22. The van der Waals surface area contributed by atoms with Crippen LogP contribution in [0, 0.1) is 6.92 Å². The first-order chi connectivity index (χ1) is 14.4. The summed E-state index contributed by atoms with van der Waals surface area (Å²) in [4.78, 5) is 29.9. The Hall–Kier alpha value is -3.08. The Kier molecular flexibility index (Phi) is 5.37. The van der Waals surface area contributed by atoms with Crippen molar-refractivity contribution >= 4 is 52.0 Å². The average Bonchev–Trinajstić information content (AvgIpc) is 3.00. The van der Waals surface area contributed by atoms with Gasteiger partial charge in [0.2, 0.25) is 0 Å². The minimum atomic E-state index is -0.453. The van der Waals surface area contributed by atoms with Crippen molar-refractivity contribution in [1.82, 2.24) is 0 Å². The summed E-state index contributed by atoms with van der Waals surface area (Å²) in [6.45, 7) is 1.97. The highest BCUT2D eigenvalue weighted by molar-refractivity contribution is 6.48. The number of para-hydroxylation sites is 1. The van der Waals surface area contributed by atoms with E-state index in [1.807, 2.05) is 61.5 Å². The first kappa shape index (κ1) is 20.2. The van der Waals surface area contributed by atoms with Gasteiger partial charge in [-0.05, 0) is 42.8 Å². The Morgan fingerprint density at radius 3 is 2.17 bits per heavy atom. The maximum atomic E-state index is 13.5. The fourth-order valence-electron chi connectivity index (χ4n) is 3.47. The van der Waals surface area contributed by atoms with E-state index in [0.29, 0.717) is 16.2 Å². The number of halogens is 2. The number of aryl methyl sites for hydroxylation is 1. The molecule has 4 nitrogen and oxygen atoms in total. The van der Waals surface area contributed by atoms with E-state index < -0.39 is 11.8 Å². The van der Waals surface area contributed by atoms with Crippen LogP contribution in [-0.4, -0.2) is 18.9 Å². The molecule has 2 amide bonds. The van der Waals surface area contributed by atoms with Crippen LogP contribution in [0.3, 0.4) is 0 Å². The number of hydrogen-bond acceptors (Lipinski definition) is 3. The van der Waals surface area contributed by atoms with Crippen LogP contribution in [0.15, 0.2) is 78.5 Å². The maximum Gasteiger partial charge on any atom is 0.282 e. The minimum absolute atomic E-state index is 0.264. The molecule has 0 saturated carbocycles. The highest BCUT2D eigenvalue weighted by atomic mass is 35.5. The summed E-state index contributed by atoms with van der Waals surface area (Å²) in [6, 6.07) is 21.6. The molecule has 0 saturated heterocycles. The second kappa shape index (κ2) is 7.98. The SMILES string of the molecule is Cc1ccc(C2=C(N(C)c3ccccc3)C(=O)N(c3cc(Cl)ccc3Cl)C2=O)cc1. The summed E-state index contributed by atoms with van der Waals surface area (Å²) in [7, 11) is 1.77. The quantitative estimate of drug-likeness (QED) is 0.490. The molecule has 30 heavy (non-hydrogen) atoms. The molecule has 0 N–H and O–H groups in total. The zero-order valence-electron chi connectivity index (χ0n) is 16.4. The molecule has 6 heteroatoms. The zero-order valence-corrected chi connectivity index (χ0v) is 17.9. The molecule has 1 heterocycles. The van der Waals surface area contributed by atoms with E-state index >= 15 is 0 Å². The van der Waals surface area contributed by atoms with Crippen molar-refractivity contribution in [3.05, 3.63) is 99.7 Å². The largest absolute Gasteiger partial charge is 0.339 e. The second-order valence-electron chi connectivity index (χ2n) is 7.03. The van der Waals surface area contributed by atoms with Crippen LogP contribution in [0.4, 0.5) is 11.4 Å². The molecule has 0 unspecified atom stereocenters. The Morgan fingerprint density at radius 1 is 0.833 bits per heavy atom. The van der Waals surface area contributed by atoms with Crippen molar-refractivity contribution in [2.75, 3.05) is 16.8 Å². The number of benzene rings is 3. The molecule has 0 radical (unpaired) electrons. The van der Waals surface area contributed by atoms with Gasteiger partial charge in [0, 0.05) is 17.8 Å². The van der Waals surface area contributed by atoms with Gasteiger partial charge >= 0.3 is 0 Å². The standard InChI is InChI=1S/C24H18Cl2N2O2/c1-15-8-10-16(11-9-15)21-22(27(2)18-6-4-3-5-7-18)24(30)28(23(21)29)20-14-17(25)12-13-19(20)26/h3-14H,1-2H3. The van der Waals surface area contributed by atoms with Crippen LogP contribution in [0.2, 0.25) is 10.0 Å². The molecule has 0 atom stereocenters. The van der Waals surface area contributed by atoms with Gasteiger partial charge < -0.3 is 4.90 Å². The monoisotopic (exact) mass is 436 g/mol. The van der Waals surface area contributed by atoms with Crippen molar-refractivity contribution < 1.29 is 9.59 Å². The van der Waals surface area contributed by atoms with Crippen LogP contribution >= 0.6 is 23.2 Å². The summed E-state index contributed by atoms with van der Waals surface area (Å²) in [5.41, 5.74) is 3.38. The van der Waals surface area contributed by atoms with Crippen molar-refractivity contribution in [3.63, 3.8) is 0 Å². The third-order valence-electron chi connectivity index (χ3n) is 5.03. The lowest BCUT2D eigenvalue weighted by molar-refractivity contribution is -0.120. The van der Waals surface area contributed by atoms with Gasteiger partial charge in [0.1, 0.15) is 5.70 Å². The smallest absolute Gasteiger partial charge is 0.282 e. The first-order valence-electron chi connectivity index (χ1n) is 9.32. The molecule has 0 spiro atoms. The molecule has 3 aromatic carbocycles. The molecule has 0 bridgehead atoms. The van der Waals surface area contributed by atoms with E-state index in [9.17, 15) is 9.59 Å². The van der Waals surface area contributed by atoms with Gasteiger partial charge in [-0.1, -0.05) is 71.2 Å². The lowest BCUT2D eigenvalue weighted by atomic mass is 10.0. The molecule has 0 aromatic heterocycles. The van der Waals surface area contributed by atoms with Crippen molar-refractivity contribution in [2.24, 2.45) is 0 Å². The van der Waals surface area contributed by atoms with Crippen molar-refractivity contribution in [1.29, 1.82) is 0 Å². The third-order valence-corrected chi connectivity index (χ3v) is 5.58. The summed E-state index contributed by atoms with van der Waals surface area (Å²) >= 11 is 12.5. The summed E-state index contributed by atoms with van der Waals surface area (Å²) in [5, 5.41) is 0.657. The first-order valence-corrected chi connectivity index (χ1v) is 10.1. The summed E-state index contributed by atoms with van der Waals surface area (Å²) in [5.74, 6) is -0.892. The Bertz CT molecular complexity index is 1170.